The number of carbonyl (C=O) groups excluding carboxylic acids is 3. The monoisotopic (exact) mass is 524 g/mol. The topological polar surface area (TPSA) is 92.7 Å². The summed E-state index contributed by atoms with van der Waals surface area (Å²) in [5.74, 6) is -1.71. The number of rotatable bonds is 5. The Labute approximate surface area is 214 Å². The Hall–Kier alpha value is -3.76. The molecule has 2 aromatic carbocycles. The summed E-state index contributed by atoms with van der Waals surface area (Å²) in [5.41, 5.74) is 2.81. The fourth-order valence-electron chi connectivity index (χ4n) is 3.91. The minimum Gasteiger partial charge on any atom is -0.436 e. The van der Waals surface area contributed by atoms with Crippen LogP contribution in [0.5, 0.6) is 11.6 Å². The van der Waals surface area contributed by atoms with E-state index in [4.69, 9.17) is 16.3 Å². The molecule has 1 aromatic heterocycles. The summed E-state index contributed by atoms with van der Waals surface area (Å²) in [6.07, 6.45) is 3.14. The molecular formula is C25H18ClFN4O4S. The highest BCUT2D eigenvalue weighted by Crippen LogP contribution is 2.33. The third-order valence-corrected chi connectivity index (χ3v) is 6.79. The molecule has 1 fully saturated rings. The van der Waals surface area contributed by atoms with Gasteiger partial charge in [0.15, 0.2) is 0 Å². The molecule has 36 heavy (non-hydrogen) atoms. The molecule has 2 aliphatic heterocycles. The van der Waals surface area contributed by atoms with Crippen LogP contribution in [0.2, 0.25) is 5.28 Å². The Morgan fingerprint density at radius 1 is 1.17 bits per heavy atom. The van der Waals surface area contributed by atoms with Gasteiger partial charge in [0.2, 0.25) is 17.0 Å². The SMILES string of the molecule is O=C(CN1C(=O)S/C(=C/c2cccc(Oc3nc(Cl)ncc3F)c2)C1=O)N1CCc2ccccc2C1. The first-order valence-corrected chi connectivity index (χ1v) is 12.1. The predicted molar refractivity (Wildman–Crippen MR) is 132 cm³/mol. The van der Waals surface area contributed by atoms with E-state index in [9.17, 15) is 18.8 Å². The van der Waals surface area contributed by atoms with Crippen LogP contribution in [0.4, 0.5) is 9.18 Å². The van der Waals surface area contributed by atoms with E-state index >= 15 is 0 Å². The van der Waals surface area contributed by atoms with Gasteiger partial charge in [-0.3, -0.25) is 19.3 Å². The lowest BCUT2D eigenvalue weighted by molar-refractivity contribution is -0.136. The van der Waals surface area contributed by atoms with Gasteiger partial charge in [0.25, 0.3) is 17.0 Å². The molecule has 3 heterocycles. The Bertz CT molecular complexity index is 1420. The number of thioether (sulfide) groups is 1. The van der Waals surface area contributed by atoms with Crippen LogP contribution in [0.25, 0.3) is 6.08 Å². The standard InChI is InChI=1S/C25H18ClFN4O4S/c26-24-28-12-19(27)22(29-24)35-18-7-3-4-15(10-18)11-20-23(33)31(25(34)36-20)14-21(32)30-9-8-16-5-1-2-6-17(16)13-30/h1-7,10-12H,8-9,13-14H2/b20-11+. The summed E-state index contributed by atoms with van der Waals surface area (Å²) in [4.78, 5) is 48.4. The van der Waals surface area contributed by atoms with Crippen molar-refractivity contribution < 1.29 is 23.5 Å². The molecule has 0 aliphatic carbocycles. The highest BCUT2D eigenvalue weighted by atomic mass is 35.5. The molecule has 5 rings (SSSR count). The van der Waals surface area contributed by atoms with Gasteiger partial charge in [-0.05, 0) is 64.7 Å². The van der Waals surface area contributed by atoms with Crippen molar-refractivity contribution >= 4 is 46.5 Å². The second-order valence-corrected chi connectivity index (χ2v) is 9.40. The lowest BCUT2D eigenvalue weighted by atomic mass is 10.00. The number of benzene rings is 2. The molecule has 8 nitrogen and oxygen atoms in total. The van der Waals surface area contributed by atoms with E-state index in [1.54, 1.807) is 29.2 Å². The van der Waals surface area contributed by atoms with Gasteiger partial charge >= 0.3 is 0 Å². The zero-order chi connectivity index (χ0) is 25.2. The van der Waals surface area contributed by atoms with E-state index in [1.807, 2.05) is 24.3 Å². The normalized spacial score (nSPS) is 16.4. The van der Waals surface area contributed by atoms with E-state index in [1.165, 1.54) is 11.6 Å². The second kappa shape index (κ2) is 10.1. The van der Waals surface area contributed by atoms with Gasteiger partial charge in [0.05, 0.1) is 11.1 Å². The molecule has 11 heteroatoms. The van der Waals surface area contributed by atoms with Crippen molar-refractivity contribution in [3.05, 3.63) is 87.4 Å². The van der Waals surface area contributed by atoms with Crippen LogP contribution in [0, 0.1) is 5.82 Å². The largest absolute Gasteiger partial charge is 0.436 e. The number of carbonyl (C=O) groups is 3. The smallest absolute Gasteiger partial charge is 0.294 e. The average Bonchev–Trinajstić information content (AvgIpc) is 3.13. The van der Waals surface area contributed by atoms with E-state index < -0.39 is 17.0 Å². The number of nitrogens with zero attached hydrogens (tertiary/aromatic N) is 4. The van der Waals surface area contributed by atoms with Gasteiger partial charge in [-0.1, -0.05) is 36.4 Å². The van der Waals surface area contributed by atoms with Gasteiger partial charge in [-0.25, -0.2) is 4.98 Å². The lowest BCUT2D eigenvalue weighted by Crippen LogP contribution is -2.44. The maximum atomic E-state index is 13.9. The lowest BCUT2D eigenvalue weighted by Gasteiger charge is -2.29. The molecule has 3 aromatic rings. The molecule has 0 atom stereocenters. The Morgan fingerprint density at radius 2 is 1.97 bits per heavy atom. The van der Waals surface area contributed by atoms with Crippen molar-refractivity contribution in [1.29, 1.82) is 0 Å². The summed E-state index contributed by atoms with van der Waals surface area (Å²) in [7, 11) is 0. The molecule has 2 aliphatic rings. The first kappa shape index (κ1) is 24.0. The number of fused-ring (bicyclic) bond motifs is 1. The minimum atomic E-state index is -0.784. The van der Waals surface area contributed by atoms with Crippen molar-refractivity contribution in [3.63, 3.8) is 0 Å². The Kier molecular flexibility index (Phi) is 6.71. The van der Waals surface area contributed by atoms with Crippen LogP contribution < -0.4 is 4.74 Å². The second-order valence-electron chi connectivity index (χ2n) is 8.07. The van der Waals surface area contributed by atoms with Crippen LogP contribution in [0.1, 0.15) is 16.7 Å². The van der Waals surface area contributed by atoms with Gasteiger partial charge in [0, 0.05) is 13.1 Å². The highest BCUT2D eigenvalue weighted by molar-refractivity contribution is 8.18. The van der Waals surface area contributed by atoms with E-state index in [0.29, 0.717) is 18.7 Å². The molecule has 1 saturated heterocycles. The summed E-state index contributed by atoms with van der Waals surface area (Å²) in [6, 6.07) is 14.4. The van der Waals surface area contributed by atoms with Crippen LogP contribution in [-0.4, -0.2) is 49.9 Å². The van der Waals surface area contributed by atoms with Crippen LogP contribution in [0.15, 0.2) is 59.6 Å². The number of hydrogen-bond donors (Lipinski definition) is 0. The fraction of sp³-hybridized carbons (Fsp3) is 0.160. The van der Waals surface area contributed by atoms with Gasteiger partial charge in [-0.2, -0.15) is 9.37 Å². The van der Waals surface area contributed by atoms with Crippen molar-refractivity contribution in [1.82, 2.24) is 19.8 Å². The highest BCUT2D eigenvalue weighted by Gasteiger charge is 2.37. The Morgan fingerprint density at radius 3 is 2.81 bits per heavy atom. The maximum absolute atomic E-state index is 13.9. The molecule has 182 valence electrons. The number of aromatic nitrogens is 2. The van der Waals surface area contributed by atoms with Gasteiger partial charge in [0.1, 0.15) is 12.3 Å². The number of hydrogen-bond acceptors (Lipinski definition) is 7. The molecule has 0 radical (unpaired) electrons. The van der Waals surface area contributed by atoms with Crippen LogP contribution in [-0.2, 0) is 22.6 Å². The fourth-order valence-corrected chi connectivity index (χ4v) is 4.88. The zero-order valence-electron chi connectivity index (χ0n) is 18.7. The first-order chi connectivity index (χ1) is 17.4. The number of amides is 3. The Balaban J connectivity index is 1.27. The van der Waals surface area contributed by atoms with E-state index in [-0.39, 0.29) is 34.3 Å². The first-order valence-electron chi connectivity index (χ1n) is 10.9. The third kappa shape index (κ3) is 5.09. The van der Waals surface area contributed by atoms with E-state index in [2.05, 4.69) is 9.97 Å². The van der Waals surface area contributed by atoms with Crippen molar-refractivity contribution in [2.24, 2.45) is 0 Å². The third-order valence-electron chi connectivity index (χ3n) is 5.70. The number of halogens is 2. The molecule has 0 saturated carbocycles. The summed E-state index contributed by atoms with van der Waals surface area (Å²) in [5, 5.41) is -0.679. The number of imide groups is 1. The van der Waals surface area contributed by atoms with Gasteiger partial charge < -0.3 is 9.64 Å². The number of ether oxygens (including phenoxy) is 1. The summed E-state index contributed by atoms with van der Waals surface area (Å²) >= 11 is 6.45. The van der Waals surface area contributed by atoms with Gasteiger partial charge in [-0.15, -0.1) is 0 Å². The zero-order valence-corrected chi connectivity index (χ0v) is 20.3. The van der Waals surface area contributed by atoms with Crippen molar-refractivity contribution in [2.75, 3.05) is 13.1 Å². The molecule has 0 unspecified atom stereocenters. The molecule has 3 amide bonds. The van der Waals surface area contributed by atoms with Crippen molar-refractivity contribution in [3.8, 4) is 11.6 Å². The van der Waals surface area contributed by atoms with E-state index in [0.717, 1.165) is 34.8 Å². The van der Waals surface area contributed by atoms with Crippen molar-refractivity contribution in [2.45, 2.75) is 13.0 Å². The molecule has 0 spiro atoms. The van der Waals surface area contributed by atoms with Crippen LogP contribution in [0.3, 0.4) is 0 Å². The molecule has 0 N–H and O–H groups in total. The van der Waals surface area contributed by atoms with Crippen LogP contribution >= 0.6 is 23.4 Å². The predicted octanol–water partition coefficient (Wildman–Crippen LogP) is 4.68. The summed E-state index contributed by atoms with van der Waals surface area (Å²) in [6.45, 7) is 0.667. The quantitative estimate of drug-likeness (QED) is 0.353. The molecular weight excluding hydrogens is 507 g/mol. The molecule has 0 bridgehead atoms. The summed E-state index contributed by atoms with van der Waals surface area (Å²) < 4.78 is 19.3. The minimum absolute atomic E-state index is 0.167. The maximum Gasteiger partial charge on any atom is 0.294 e. The average molecular weight is 525 g/mol.